The van der Waals surface area contributed by atoms with E-state index in [0.717, 1.165) is 25.0 Å². The van der Waals surface area contributed by atoms with E-state index in [9.17, 15) is 8.42 Å². The van der Waals surface area contributed by atoms with E-state index < -0.39 is 9.84 Å². The van der Waals surface area contributed by atoms with Crippen molar-refractivity contribution in [2.75, 3.05) is 19.0 Å². The Bertz CT molecular complexity index is 724. The van der Waals surface area contributed by atoms with Crippen LogP contribution in [0.1, 0.15) is 18.4 Å². The van der Waals surface area contributed by atoms with E-state index in [1.165, 1.54) is 0 Å². The zero-order chi connectivity index (χ0) is 16.1. The van der Waals surface area contributed by atoms with Gasteiger partial charge in [0.25, 0.3) is 0 Å². The highest BCUT2D eigenvalue weighted by Crippen LogP contribution is 2.18. The lowest BCUT2D eigenvalue weighted by Crippen LogP contribution is -2.25. The second kappa shape index (κ2) is 7.19. The van der Waals surface area contributed by atoms with Gasteiger partial charge in [0.05, 0.1) is 18.1 Å². The Balaban J connectivity index is 1.65. The maximum Gasteiger partial charge on any atom is 0.159 e. The van der Waals surface area contributed by atoms with Crippen LogP contribution in [0, 0.1) is 5.92 Å². The zero-order valence-electron chi connectivity index (χ0n) is 12.9. The minimum absolute atomic E-state index is 0.0153. The number of sulfone groups is 1. The Hall–Kier alpha value is -1.79. The standard InChI is InChI=1S/C17H20N2O3S/c20-23(21,12-14-5-4-8-22-11-14)13-15-9-18-17(19-10-15)16-6-2-1-3-7-16/h1-3,6-7,9-10,14H,4-5,8,11-13H2. The third-order valence-electron chi connectivity index (χ3n) is 3.87. The molecule has 0 saturated carbocycles. The minimum Gasteiger partial charge on any atom is -0.381 e. The van der Waals surface area contributed by atoms with E-state index in [1.807, 2.05) is 30.3 Å². The minimum atomic E-state index is -3.17. The molecule has 0 radical (unpaired) electrons. The summed E-state index contributed by atoms with van der Waals surface area (Å²) in [5, 5.41) is 0. The fraction of sp³-hybridized carbons (Fsp3) is 0.412. The molecule has 2 aromatic rings. The van der Waals surface area contributed by atoms with Gasteiger partial charge in [0.2, 0.25) is 0 Å². The fourth-order valence-electron chi connectivity index (χ4n) is 2.78. The number of rotatable bonds is 5. The van der Waals surface area contributed by atoms with Crippen molar-refractivity contribution >= 4 is 9.84 Å². The van der Waals surface area contributed by atoms with Crippen LogP contribution in [0.15, 0.2) is 42.7 Å². The number of hydrogen-bond donors (Lipinski definition) is 0. The molecule has 0 spiro atoms. The van der Waals surface area contributed by atoms with Gasteiger partial charge in [-0.05, 0) is 18.8 Å². The van der Waals surface area contributed by atoms with E-state index in [2.05, 4.69) is 9.97 Å². The predicted octanol–water partition coefficient (Wildman–Crippen LogP) is 2.49. The van der Waals surface area contributed by atoms with Crippen molar-refractivity contribution in [2.45, 2.75) is 18.6 Å². The number of hydrogen-bond acceptors (Lipinski definition) is 5. The molecule has 1 aromatic heterocycles. The molecular weight excluding hydrogens is 312 g/mol. The van der Waals surface area contributed by atoms with Crippen LogP contribution in [0.4, 0.5) is 0 Å². The lowest BCUT2D eigenvalue weighted by molar-refractivity contribution is 0.0626. The summed E-state index contributed by atoms with van der Waals surface area (Å²) < 4.78 is 30.0. The molecule has 1 atom stereocenters. The van der Waals surface area contributed by atoms with Crippen molar-refractivity contribution < 1.29 is 13.2 Å². The molecule has 1 aromatic carbocycles. The first kappa shape index (κ1) is 16.1. The van der Waals surface area contributed by atoms with Crippen molar-refractivity contribution in [1.29, 1.82) is 0 Å². The van der Waals surface area contributed by atoms with Crippen LogP contribution in [-0.4, -0.2) is 37.4 Å². The molecule has 0 aliphatic carbocycles. The molecule has 0 amide bonds. The van der Waals surface area contributed by atoms with E-state index in [0.29, 0.717) is 18.0 Å². The highest BCUT2D eigenvalue weighted by molar-refractivity contribution is 7.90. The van der Waals surface area contributed by atoms with Gasteiger partial charge in [0.15, 0.2) is 15.7 Å². The van der Waals surface area contributed by atoms with Crippen molar-refractivity contribution in [3.8, 4) is 11.4 Å². The Labute approximate surface area is 136 Å². The van der Waals surface area contributed by atoms with Crippen LogP contribution in [0.5, 0.6) is 0 Å². The molecular formula is C17H20N2O3S. The van der Waals surface area contributed by atoms with Crippen LogP contribution in [0.25, 0.3) is 11.4 Å². The molecule has 1 fully saturated rings. The van der Waals surface area contributed by atoms with Crippen molar-refractivity contribution in [2.24, 2.45) is 5.92 Å². The summed E-state index contributed by atoms with van der Waals surface area (Å²) in [7, 11) is -3.17. The van der Waals surface area contributed by atoms with Gasteiger partial charge in [-0.2, -0.15) is 0 Å². The first-order valence-corrected chi connectivity index (χ1v) is 9.59. The van der Waals surface area contributed by atoms with Crippen LogP contribution in [0.3, 0.4) is 0 Å². The van der Waals surface area contributed by atoms with Gasteiger partial charge in [-0.1, -0.05) is 30.3 Å². The molecule has 1 unspecified atom stereocenters. The Morgan fingerprint density at radius 2 is 1.87 bits per heavy atom. The summed E-state index contributed by atoms with van der Waals surface area (Å²) in [6.07, 6.45) is 5.06. The maximum absolute atomic E-state index is 12.3. The third kappa shape index (κ3) is 4.59. The lowest BCUT2D eigenvalue weighted by Gasteiger charge is -2.21. The molecule has 3 rings (SSSR count). The number of ether oxygens (including phenoxy) is 1. The van der Waals surface area contributed by atoms with Crippen LogP contribution >= 0.6 is 0 Å². The smallest absolute Gasteiger partial charge is 0.159 e. The average Bonchev–Trinajstić information content (AvgIpc) is 2.56. The maximum atomic E-state index is 12.3. The summed E-state index contributed by atoms with van der Waals surface area (Å²) in [5.41, 5.74) is 1.54. The van der Waals surface area contributed by atoms with E-state index in [4.69, 9.17) is 4.74 Å². The van der Waals surface area contributed by atoms with Crippen LogP contribution in [-0.2, 0) is 20.3 Å². The van der Waals surface area contributed by atoms with Gasteiger partial charge in [-0.25, -0.2) is 18.4 Å². The summed E-state index contributed by atoms with van der Waals surface area (Å²) >= 11 is 0. The normalized spacial score (nSPS) is 18.7. The average molecular weight is 332 g/mol. The fourth-order valence-corrected chi connectivity index (χ4v) is 4.53. The largest absolute Gasteiger partial charge is 0.381 e. The van der Waals surface area contributed by atoms with E-state index in [1.54, 1.807) is 12.4 Å². The van der Waals surface area contributed by atoms with Crippen molar-refractivity contribution in [1.82, 2.24) is 9.97 Å². The molecule has 0 bridgehead atoms. The van der Waals surface area contributed by atoms with Gasteiger partial charge in [0, 0.05) is 30.1 Å². The molecule has 1 saturated heterocycles. The van der Waals surface area contributed by atoms with Crippen LogP contribution < -0.4 is 0 Å². The summed E-state index contributed by atoms with van der Waals surface area (Å²) in [6, 6.07) is 9.62. The summed E-state index contributed by atoms with van der Waals surface area (Å²) in [4.78, 5) is 8.56. The molecule has 1 aliphatic heterocycles. The third-order valence-corrected chi connectivity index (χ3v) is 5.62. The number of nitrogens with zero attached hydrogens (tertiary/aromatic N) is 2. The van der Waals surface area contributed by atoms with E-state index in [-0.39, 0.29) is 17.4 Å². The SMILES string of the molecule is O=S(=O)(Cc1cnc(-c2ccccc2)nc1)CC1CCCOC1. The molecule has 5 nitrogen and oxygen atoms in total. The first-order chi connectivity index (χ1) is 11.1. The zero-order valence-corrected chi connectivity index (χ0v) is 13.7. The van der Waals surface area contributed by atoms with E-state index >= 15 is 0 Å². The monoisotopic (exact) mass is 332 g/mol. The Kier molecular flexibility index (Phi) is 5.03. The Morgan fingerprint density at radius 1 is 1.13 bits per heavy atom. The number of aromatic nitrogens is 2. The topological polar surface area (TPSA) is 69.2 Å². The summed E-state index contributed by atoms with van der Waals surface area (Å²) in [6.45, 7) is 1.29. The molecule has 0 N–H and O–H groups in total. The van der Waals surface area contributed by atoms with Gasteiger partial charge >= 0.3 is 0 Å². The van der Waals surface area contributed by atoms with Gasteiger partial charge in [-0.3, -0.25) is 0 Å². The molecule has 6 heteroatoms. The quantitative estimate of drug-likeness (QED) is 0.841. The van der Waals surface area contributed by atoms with Crippen molar-refractivity contribution in [3.05, 3.63) is 48.3 Å². The first-order valence-electron chi connectivity index (χ1n) is 7.77. The molecule has 1 aliphatic rings. The number of benzene rings is 1. The van der Waals surface area contributed by atoms with Gasteiger partial charge in [-0.15, -0.1) is 0 Å². The summed E-state index contributed by atoms with van der Waals surface area (Å²) in [5.74, 6) is 0.872. The molecule has 122 valence electrons. The Morgan fingerprint density at radius 3 is 2.52 bits per heavy atom. The second-order valence-electron chi connectivity index (χ2n) is 5.92. The highest BCUT2D eigenvalue weighted by Gasteiger charge is 2.22. The molecule has 2 heterocycles. The highest BCUT2D eigenvalue weighted by atomic mass is 32.2. The second-order valence-corrected chi connectivity index (χ2v) is 8.03. The lowest BCUT2D eigenvalue weighted by atomic mass is 10.1. The van der Waals surface area contributed by atoms with Gasteiger partial charge in [0.1, 0.15) is 0 Å². The predicted molar refractivity (Wildman–Crippen MR) is 88.5 cm³/mol. The van der Waals surface area contributed by atoms with Crippen molar-refractivity contribution in [3.63, 3.8) is 0 Å². The molecule has 23 heavy (non-hydrogen) atoms. The van der Waals surface area contributed by atoms with Crippen LogP contribution in [0.2, 0.25) is 0 Å². The van der Waals surface area contributed by atoms with Gasteiger partial charge < -0.3 is 4.74 Å².